The highest BCUT2D eigenvalue weighted by Gasteiger charge is 2.55. The number of aromatic nitrogens is 4. The molecule has 3 fully saturated rings. The van der Waals surface area contributed by atoms with Crippen molar-refractivity contribution in [2.24, 2.45) is 10.3 Å². The maximum absolute atomic E-state index is 14.4. The number of aryl methyl sites for hydroxylation is 1. The zero-order valence-corrected chi connectivity index (χ0v) is 47.6. The van der Waals surface area contributed by atoms with Crippen LogP contribution in [0.15, 0.2) is 119 Å². The zero-order valence-electron chi connectivity index (χ0n) is 44.4. The summed E-state index contributed by atoms with van der Waals surface area (Å²) in [5.74, 6) is -9.03. The Balaban J connectivity index is 0.787. The second kappa shape index (κ2) is 24.6. The van der Waals surface area contributed by atoms with Crippen LogP contribution in [0.5, 0.6) is 0 Å². The lowest BCUT2D eigenvalue weighted by molar-refractivity contribution is -0.166. The minimum Gasteiger partial charge on any atom is -0.477 e. The Morgan fingerprint density at radius 3 is 2.22 bits per heavy atom. The van der Waals surface area contributed by atoms with Crippen molar-refractivity contribution in [3.63, 3.8) is 0 Å². The lowest BCUT2D eigenvalue weighted by Gasteiger charge is -2.49. The van der Waals surface area contributed by atoms with E-state index in [-0.39, 0.29) is 94.7 Å². The minimum atomic E-state index is -1.86. The molecule has 31 nitrogen and oxygen atoms in total. The maximum Gasteiger partial charge on any atom is 0.519 e. The van der Waals surface area contributed by atoms with E-state index >= 15 is 0 Å². The summed E-state index contributed by atoms with van der Waals surface area (Å²) in [7, 11) is 0. The number of nitrogens with two attached hydrogens (primary N) is 2. The van der Waals surface area contributed by atoms with Crippen LogP contribution in [0.1, 0.15) is 53.2 Å². The fourth-order valence-corrected chi connectivity index (χ4v) is 13.4. The molecule has 0 saturated carbocycles. The fourth-order valence-electron chi connectivity index (χ4n) is 9.98. The molecule has 86 heavy (non-hydrogen) atoms. The molecule has 9 heterocycles. The first-order valence-corrected chi connectivity index (χ1v) is 29.4. The van der Waals surface area contributed by atoms with Crippen LogP contribution in [0.4, 0.5) is 15.1 Å². The molecule has 11 rings (SSSR count). The third kappa shape index (κ3) is 11.8. The molecule has 5 aromatic rings. The lowest BCUT2D eigenvalue weighted by atomic mass is 10.0. The molecule has 6 atom stereocenters. The Morgan fingerprint density at radius 2 is 1.59 bits per heavy atom. The largest absolute Gasteiger partial charge is 0.519 e. The molecule has 0 radical (unpaired) electrons. The van der Waals surface area contributed by atoms with Gasteiger partial charge in [0.15, 0.2) is 34.4 Å². The van der Waals surface area contributed by atoms with Crippen LogP contribution in [-0.4, -0.2) is 169 Å². The van der Waals surface area contributed by atoms with E-state index in [1.165, 1.54) is 17.9 Å². The van der Waals surface area contributed by atoms with Crippen molar-refractivity contribution in [2.45, 2.75) is 67.6 Å². The number of oxime groups is 2. The van der Waals surface area contributed by atoms with E-state index in [4.69, 9.17) is 39.3 Å². The number of carbonyl (C=O) groups excluding carboxylic acids is 7. The van der Waals surface area contributed by atoms with Gasteiger partial charge in [0, 0.05) is 65.4 Å². The van der Waals surface area contributed by atoms with Gasteiger partial charge in [-0.05, 0) is 42.5 Å². The van der Waals surface area contributed by atoms with Gasteiger partial charge in [-0.15, -0.1) is 23.5 Å². The molecule has 3 saturated heterocycles. The number of anilines is 2. The van der Waals surface area contributed by atoms with Crippen molar-refractivity contribution >= 4 is 116 Å². The van der Waals surface area contributed by atoms with Crippen molar-refractivity contribution < 1.29 is 76.6 Å². The summed E-state index contributed by atoms with van der Waals surface area (Å²) < 4.78 is 35.1. The number of nitrogens with one attached hydrogen (secondary N) is 3. The van der Waals surface area contributed by atoms with Crippen molar-refractivity contribution in [1.82, 2.24) is 49.4 Å². The predicted octanol–water partition coefficient (Wildman–Crippen LogP) is 0.933. The van der Waals surface area contributed by atoms with Gasteiger partial charge in [0.05, 0.1) is 6.04 Å². The van der Waals surface area contributed by atoms with Crippen LogP contribution in [0, 0.1) is 6.92 Å². The molecule has 446 valence electrons. The third-order valence-electron chi connectivity index (χ3n) is 14.1. The summed E-state index contributed by atoms with van der Waals surface area (Å²) in [4.78, 5) is 138. The van der Waals surface area contributed by atoms with E-state index in [1.807, 2.05) is 60.7 Å². The molecule has 6 aliphatic heterocycles. The molecular formula is C51H46N14O17S4. The number of carboxylic acids is 1. The smallest absolute Gasteiger partial charge is 0.477 e. The van der Waals surface area contributed by atoms with Gasteiger partial charge < -0.3 is 75.4 Å². The number of cyclic esters (lactones) is 1. The molecule has 3 aromatic heterocycles. The number of allylic oxidation sites excluding steroid dienone is 1. The number of esters is 1. The molecule has 2 aromatic carbocycles. The van der Waals surface area contributed by atoms with E-state index in [0.29, 0.717) is 35.1 Å². The molecule has 9 N–H and O–H groups in total. The number of nitrogen functional groups attached to an aromatic ring is 2. The topological polar surface area (TPSA) is 431 Å². The number of aliphatic carboxylic acids is 1. The van der Waals surface area contributed by atoms with Crippen LogP contribution in [0.2, 0.25) is 0 Å². The molecule has 0 bridgehead atoms. The number of hydrogen-bond donors (Lipinski definition) is 7. The molecule has 5 amide bonds. The third-order valence-corrected chi connectivity index (χ3v) is 17.7. The molecule has 1 unspecified atom stereocenters. The summed E-state index contributed by atoms with van der Waals surface area (Å²) in [5.41, 5.74) is 11.8. The number of ether oxygens (including phenoxy) is 3. The predicted molar refractivity (Wildman–Crippen MR) is 300 cm³/mol. The standard InChI is InChI=1S/C51H46N14O17S4/c1-21-28(79-51(75)78-21)18-77-50(74)63-14-13-26(17-63)64-15-12-24(41(64)68)16-25-19-84-43-33(42(69)65(43)34(25)44(70)71)55-39(67)31(37-58-49(53)86-62-37)60-82-46(73)32(54-38(66)30(59-76)36-57-48(52)85-61-36)40-56-29-27(20-83-40)47(81-45(29)72)80-35(22-8-4-2-5-9-22)23-10-6-3-7-11-23/h2-11,16,26,32-33,35,40,43,47,56,76H,12-15,17-20H2,1H3,(H,54,66)(H,55,67)(H,70,71)(H2,52,57,61)(H2,53,58,62)/b24-16+,59-30-,60-31-/t26-,32+,33-,40-,43-,47?/m1/s1. The van der Waals surface area contributed by atoms with Crippen LogP contribution >= 0.6 is 46.6 Å². The number of fused-ring (bicyclic) bond motifs is 1. The van der Waals surface area contributed by atoms with Crippen molar-refractivity contribution in [2.75, 3.05) is 42.6 Å². The number of nitrogens with zero attached hydrogens (tertiary/aromatic N) is 9. The SMILES string of the molecule is Cc1oc(=O)oc1COC(=O)N1CC[C@@H](N2CC/C(=C\C3=C(C(=O)O)N4C(=O)[C@@H](NC(=O)/C(=N\OC(=O)[C@@H](NC(=O)/C(=N\O)c5nsc(N)n5)[C@@H]5NC6=C(CS5)C(OC(c5ccccc5)c5ccccc5)OC6=O)c5nsc(N)n5)[C@H]4SC3)C2=O)C1. The average Bonchev–Trinajstić information content (AvgIpc) is 0.991. The van der Waals surface area contributed by atoms with E-state index in [0.717, 1.165) is 39.6 Å². The van der Waals surface area contributed by atoms with Gasteiger partial charge in [0.1, 0.15) is 34.3 Å². The number of amides is 5. The highest BCUT2D eigenvalue weighted by molar-refractivity contribution is 8.00. The number of likely N-dealkylation sites (tertiary alicyclic amines) is 2. The van der Waals surface area contributed by atoms with Crippen molar-refractivity contribution in [3.05, 3.63) is 140 Å². The number of carboxylic acid groups (broad SMARTS) is 1. The second-order valence-electron chi connectivity index (χ2n) is 19.3. The lowest BCUT2D eigenvalue weighted by Crippen LogP contribution is -2.71. The average molecular weight is 1260 g/mol. The van der Waals surface area contributed by atoms with Crippen molar-refractivity contribution in [3.8, 4) is 0 Å². The number of thioether (sulfide) groups is 2. The minimum absolute atomic E-state index is 0.0237. The van der Waals surface area contributed by atoms with Gasteiger partial charge in [0.2, 0.25) is 35.3 Å². The monoisotopic (exact) mass is 1250 g/mol. The van der Waals surface area contributed by atoms with Gasteiger partial charge in [-0.1, -0.05) is 71.0 Å². The first-order chi connectivity index (χ1) is 41.4. The quantitative estimate of drug-likeness (QED) is 0.0122. The number of rotatable bonds is 18. The normalized spacial score (nSPS) is 22.1. The Kier molecular flexibility index (Phi) is 16.7. The van der Waals surface area contributed by atoms with Crippen LogP contribution < -0.4 is 33.2 Å². The van der Waals surface area contributed by atoms with Crippen LogP contribution in [0.3, 0.4) is 0 Å². The number of hydrogen-bond acceptors (Lipinski definition) is 29. The zero-order chi connectivity index (χ0) is 60.5. The number of β-lactam (4-membered cyclic amide) rings is 1. The molecule has 35 heteroatoms. The molecular weight excluding hydrogens is 1210 g/mol. The first-order valence-electron chi connectivity index (χ1n) is 25.8. The van der Waals surface area contributed by atoms with Gasteiger partial charge >= 0.3 is 29.8 Å². The van der Waals surface area contributed by atoms with Gasteiger partial charge in [-0.3, -0.25) is 24.1 Å². The van der Waals surface area contributed by atoms with Gasteiger partial charge in [-0.2, -0.15) is 18.7 Å². The highest BCUT2D eigenvalue weighted by Crippen LogP contribution is 2.42. The number of carbonyl (C=O) groups is 8. The van der Waals surface area contributed by atoms with Crippen LogP contribution in [-0.2, 0) is 59.2 Å². The van der Waals surface area contributed by atoms with E-state index in [2.05, 4.69) is 45.0 Å². The van der Waals surface area contributed by atoms with Gasteiger partial charge in [-0.25, -0.2) is 24.0 Å². The Morgan fingerprint density at radius 1 is 0.907 bits per heavy atom. The highest BCUT2D eigenvalue weighted by atomic mass is 32.2. The van der Waals surface area contributed by atoms with E-state index < -0.39 is 112 Å². The first kappa shape index (κ1) is 58.3. The second-order valence-corrected chi connectivity index (χ2v) is 23.1. The Bertz CT molecular complexity index is 3770. The van der Waals surface area contributed by atoms with E-state index in [1.54, 1.807) is 4.90 Å². The maximum atomic E-state index is 14.4. The summed E-state index contributed by atoms with van der Waals surface area (Å²) in [6, 6.07) is 14.8. The molecule has 6 aliphatic rings. The fraction of sp³-hybridized carbons (Fsp3) is 0.314. The van der Waals surface area contributed by atoms with E-state index in [9.17, 15) is 53.5 Å². The Labute approximate surface area is 499 Å². The van der Waals surface area contributed by atoms with Crippen LogP contribution in [0.25, 0.3) is 0 Å². The summed E-state index contributed by atoms with van der Waals surface area (Å²) >= 11 is 3.39. The summed E-state index contributed by atoms with van der Waals surface area (Å²) in [6.07, 6.45) is -0.500. The summed E-state index contributed by atoms with van der Waals surface area (Å²) in [5, 5.41) is 32.5. The Hall–Kier alpha value is -9.45. The number of benzene rings is 2. The summed E-state index contributed by atoms with van der Waals surface area (Å²) in [6.45, 7) is 1.83. The molecule has 0 spiro atoms. The van der Waals surface area contributed by atoms with Gasteiger partial charge in [0.25, 0.3) is 17.7 Å². The molecule has 0 aliphatic carbocycles. The van der Waals surface area contributed by atoms with Crippen molar-refractivity contribution in [1.29, 1.82) is 0 Å².